The van der Waals surface area contributed by atoms with Crippen molar-refractivity contribution in [1.82, 2.24) is 4.90 Å². The van der Waals surface area contributed by atoms with Crippen molar-refractivity contribution in [2.75, 3.05) is 24.7 Å². The van der Waals surface area contributed by atoms with Crippen molar-refractivity contribution in [2.45, 2.75) is 17.8 Å². The van der Waals surface area contributed by atoms with Gasteiger partial charge in [0.05, 0.1) is 11.3 Å². The molecule has 26 heavy (non-hydrogen) atoms. The first-order valence-corrected chi connectivity index (χ1v) is 10.8. The molecular weight excluding hydrogens is 344 g/mol. The number of nitrogens with one attached hydrogen (secondary N) is 1. The van der Waals surface area contributed by atoms with E-state index < -0.39 is 15.1 Å². The fourth-order valence-corrected chi connectivity index (χ4v) is 4.93. The van der Waals surface area contributed by atoms with E-state index in [1.54, 1.807) is 0 Å². The number of sulfone groups is 1. The first kappa shape index (κ1) is 18.7. The quantitative estimate of drug-likeness (QED) is 0.794. The van der Waals surface area contributed by atoms with Crippen LogP contribution < -0.4 is 5.32 Å². The minimum atomic E-state index is -3.22. The summed E-state index contributed by atoms with van der Waals surface area (Å²) in [4.78, 5) is 2.22. The Kier molecular flexibility index (Phi) is 5.79. The lowest BCUT2D eigenvalue weighted by atomic mass is 9.91. The summed E-state index contributed by atoms with van der Waals surface area (Å²) in [5.74, 6) is 0.0485. The highest BCUT2D eigenvalue weighted by Crippen LogP contribution is 2.27. The normalized spacial score (nSPS) is 24.1. The molecule has 0 aromatic heterocycles. The number of hydrogen-bond donors (Lipinski definition) is 1. The Morgan fingerprint density at radius 3 is 2.27 bits per heavy atom. The SMILES string of the molecule is C=CC1CN(Cc2ccccc2)CC(S(C)(=O)=O)C1Nc1ccccc1. The second kappa shape index (κ2) is 8.06. The second-order valence-corrected chi connectivity index (χ2v) is 9.25. The van der Waals surface area contributed by atoms with Gasteiger partial charge in [0, 0.05) is 37.5 Å². The number of likely N-dealkylation sites (tertiary alicyclic amines) is 1. The Morgan fingerprint density at radius 2 is 1.69 bits per heavy atom. The summed E-state index contributed by atoms with van der Waals surface area (Å²) in [5, 5.41) is 2.96. The molecule has 2 aromatic carbocycles. The van der Waals surface area contributed by atoms with Gasteiger partial charge in [-0.1, -0.05) is 54.6 Å². The molecule has 1 fully saturated rings. The number of para-hydroxylation sites is 1. The molecule has 1 heterocycles. The van der Waals surface area contributed by atoms with E-state index in [1.165, 1.54) is 11.8 Å². The molecule has 3 unspecified atom stereocenters. The zero-order valence-electron chi connectivity index (χ0n) is 15.1. The van der Waals surface area contributed by atoms with Crippen LogP contribution in [0.4, 0.5) is 5.69 Å². The molecule has 4 nitrogen and oxygen atoms in total. The summed E-state index contributed by atoms with van der Waals surface area (Å²) in [7, 11) is -3.22. The molecular formula is C21H26N2O2S. The van der Waals surface area contributed by atoms with E-state index >= 15 is 0 Å². The van der Waals surface area contributed by atoms with E-state index in [1.807, 2.05) is 54.6 Å². The average Bonchev–Trinajstić information content (AvgIpc) is 2.63. The summed E-state index contributed by atoms with van der Waals surface area (Å²) in [6.07, 6.45) is 3.22. The molecule has 5 heteroatoms. The standard InChI is InChI=1S/C21H26N2O2S/c1-3-18-15-23(14-17-10-6-4-7-11-17)16-20(26(2,24)25)21(18)22-19-12-8-5-9-13-19/h3-13,18,20-22H,1,14-16H2,2H3. The Labute approximate surface area is 156 Å². The molecule has 0 aliphatic carbocycles. The molecule has 0 spiro atoms. The largest absolute Gasteiger partial charge is 0.380 e. The van der Waals surface area contributed by atoms with Crippen LogP contribution in [0.25, 0.3) is 0 Å². The van der Waals surface area contributed by atoms with E-state index in [4.69, 9.17) is 0 Å². The van der Waals surface area contributed by atoms with Gasteiger partial charge >= 0.3 is 0 Å². The van der Waals surface area contributed by atoms with Crippen LogP contribution in [0.1, 0.15) is 5.56 Å². The van der Waals surface area contributed by atoms with Crippen LogP contribution >= 0.6 is 0 Å². The molecule has 0 amide bonds. The van der Waals surface area contributed by atoms with Gasteiger partial charge in [-0.3, -0.25) is 4.90 Å². The maximum absolute atomic E-state index is 12.5. The third kappa shape index (κ3) is 4.54. The van der Waals surface area contributed by atoms with Crippen LogP contribution in [0, 0.1) is 5.92 Å². The Morgan fingerprint density at radius 1 is 1.08 bits per heavy atom. The smallest absolute Gasteiger partial charge is 0.153 e. The highest BCUT2D eigenvalue weighted by atomic mass is 32.2. The lowest BCUT2D eigenvalue weighted by molar-refractivity contribution is 0.180. The van der Waals surface area contributed by atoms with Crippen LogP contribution in [0.15, 0.2) is 73.3 Å². The van der Waals surface area contributed by atoms with Crippen molar-refractivity contribution in [3.8, 4) is 0 Å². The fraction of sp³-hybridized carbons (Fsp3) is 0.333. The minimum absolute atomic E-state index is 0.0485. The summed E-state index contributed by atoms with van der Waals surface area (Å²) in [6, 6.07) is 19.8. The maximum Gasteiger partial charge on any atom is 0.153 e. The Hall–Kier alpha value is -2.11. The van der Waals surface area contributed by atoms with Crippen molar-refractivity contribution < 1.29 is 8.42 Å². The number of rotatable bonds is 6. The summed E-state index contributed by atoms with van der Waals surface area (Å²) < 4.78 is 25.1. The molecule has 1 aliphatic rings. The summed E-state index contributed by atoms with van der Waals surface area (Å²) in [6.45, 7) is 6.02. The van der Waals surface area contributed by atoms with Crippen LogP contribution in [0.3, 0.4) is 0 Å². The second-order valence-electron chi connectivity index (χ2n) is 6.98. The molecule has 1 aliphatic heterocycles. The molecule has 138 valence electrons. The third-order valence-electron chi connectivity index (χ3n) is 4.98. The van der Waals surface area contributed by atoms with E-state index in [9.17, 15) is 8.42 Å². The van der Waals surface area contributed by atoms with Gasteiger partial charge in [-0.15, -0.1) is 6.58 Å². The summed E-state index contributed by atoms with van der Waals surface area (Å²) in [5.41, 5.74) is 2.13. The first-order chi connectivity index (χ1) is 12.5. The molecule has 3 rings (SSSR count). The van der Waals surface area contributed by atoms with Gasteiger partial charge in [0.25, 0.3) is 0 Å². The Balaban J connectivity index is 1.84. The van der Waals surface area contributed by atoms with Gasteiger partial charge in [-0.25, -0.2) is 8.42 Å². The van der Waals surface area contributed by atoms with Gasteiger partial charge in [0.2, 0.25) is 0 Å². The van der Waals surface area contributed by atoms with E-state index in [0.717, 1.165) is 18.8 Å². The zero-order valence-corrected chi connectivity index (χ0v) is 15.9. The van der Waals surface area contributed by atoms with Crippen LogP contribution in [0.5, 0.6) is 0 Å². The van der Waals surface area contributed by atoms with Crippen molar-refractivity contribution in [3.63, 3.8) is 0 Å². The molecule has 3 atom stereocenters. The van der Waals surface area contributed by atoms with Crippen molar-refractivity contribution >= 4 is 15.5 Å². The monoisotopic (exact) mass is 370 g/mol. The lowest BCUT2D eigenvalue weighted by Crippen LogP contribution is -2.57. The number of benzene rings is 2. The van der Waals surface area contributed by atoms with Crippen LogP contribution in [-0.4, -0.2) is 44.0 Å². The fourth-order valence-electron chi connectivity index (χ4n) is 3.65. The highest BCUT2D eigenvalue weighted by Gasteiger charge is 2.40. The van der Waals surface area contributed by atoms with Crippen LogP contribution in [0.2, 0.25) is 0 Å². The molecule has 0 saturated carbocycles. The third-order valence-corrected chi connectivity index (χ3v) is 6.52. The predicted molar refractivity (Wildman–Crippen MR) is 108 cm³/mol. The molecule has 1 N–H and O–H groups in total. The Bertz CT molecular complexity index is 822. The predicted octanol–water partition coefficient (Wildman–Crippen LogP) is 3.20. The minimum Gasteiger partial charge on any atom is -0.380 e. The number of hydrogen-bond acceptors (Lipinski definition) is 4. The first-order valence-electron chi connectivity index (χ1n) is 8.86. The lowest BCUT2D eigenvalue weighted by Gasteiger charge is -2.42. The van der Waals surface area contributed by atoms with Crippen LogP contribution in [-0.2, 0) is 16.4 Å². The van der Waals surface area contributed by atoms with Gasteiger partial charge < -0.3 is 5.32 Å². The van der Waals surface area contributed by atoms with Gasteiger partial charge in [-0.2, -0.15) is 0 Å². The number of nitrogens with zero attached hydrogens (tertiary/aromatic N) is 1. The van der Waals surface area contributed by atoms with E-state index in [2.05, 4.69) is 28.9 Å². The molecule has 0 bridgehead atoms. The topological polar surface area (TPSA) is 49.4 Å². The van der Waals surface area contributed by atoms with E-state index in [0.29, 0.717) is 6.54 Å². The number of anilines is 1. The number of piperidine rings is 1. The molecule has 1 saturated heterocycles. The summed E-state index contributed by atoms with van der Waals surface area (Å²) >= 11 is 0. The highest BCUT2D eigenvalue weighted by molar-refractivity contribution is 7.91. The average molecular weight is 371 g/mol. The van der Waals surface area contributed by atoms with Gasteiger partial charge in [0.1, 0.15) is 0 Å². The molecule has 0 radical (unpaired) electrons. The van der Waals surface area contributed by atoms with Gasteiger partial charge in [0.15, 0.2) is 9.84 Å². The van der Waals surface area contributed by atoms with E-state index in [-0.39, 0.29) is 12.0 Å². The van der Waals surface area contributed by atoms with Crippen molar-refractivity contribution in [3.05, 3.63) is 78.9 Å². The van der Waals surface area contributed by atoms with Gasteiger partial charge in [-0.05, 0) is 17.7 Å². The van der Waals surface area contributed by atoms with Crippen molar-refractivity contribution in [2.24, 2.45) is 5.92 Å². The zero-order chi connectivity index (χ0) is 18.6. The van der Waals surface area contributed by atoms with Crippen molar-refractivity contribution in [1.29, 1.82) is 0 Å². The maximum atomic E-state index is 12.5. The molecule has 2 aromatic rings.